The smallest absolute Gasteiger partial charge is 0.251 e. The van der Waals surface area contributed by atoms with Gasteiger partial charge in [-0.1, -0.05) is 23.7 Å². The summed E-state index contributed by atoms with van der Waals surface area (Å²) in [6, 6.07) is 19.5. The summed E-state index contributed by atoms with van der Waals surface area (Å²) in [7, 11) is 0. The first kappa shape index (κ1) is 17.6. The van der Waals surface area contributed by atoms with Gasteiger partial charge in [0.2, 0.25) is 0 Å². The van der Waals surface area contributed by atoms with E-state index in [1.165, 1.54) is 0 Å². The van der Waals surface area contributed by atoms with Crippen LogP contribution in [-0.4, -0.2) is 25.7 Å². The fourth-order valence-corrected chi connectivity index (χ4v) is 2.80. The van der Waals surface area contributed by atoms with Crippen LogP contribution in [0.15, 0.2) is 60.7 Å². The van der Waals surface area contributed by atoms with Crippen molar-refractivity contribution in [3.8, 4) is 17.3 Å². The molecule has 4 rings (SSSR count). The van der Waals surface area contributed by atoms with Gasteiger partial charge in [0.25, 0.3) is 5.91 Å². The lowest BCUT2D eigenvalue weighted by molar-refractivity contribution is 0.0949. The van der Waals surface area contributed by atoms with E-state index in [1.54, 1.807) is 40.9 Å². The molecule has 0 radical (unpaired) electrons. The Hall–Kier alpha value is -3.76. The number of carbonyl (C=O) groups excluding carboxylic acids is 1. The van der Waals surface area contributed by atoms with Crippen molar-refractivity contribution >= 4 is 23.2 Å². The van der Waals surface area contributed by atoms with Crippen molar-refractivity contribution in [2.75, 3.05) is 0 Å². The van der Waals surface area contributed by atoms with Crippen molar-refractivity contribution in [1.29, 1.82) is 5.26 Å². The van der Waals surface area contributed by atoms with Crippen LogP contribution in [0.5, 0.6) is 0 Å². The highest BCUT2D eigenvalue weighted by Gasteiger charge is 2.11. The van der Waals surface area contributed by atoms with Gasteiger partial charge >= 0.3 is 0 Å². The van der Waals surface area contributed by atoms with Crippen LogP contribution < -0.4 is 5.32 Å². The normalized spacial score (nSPS) is 10.6. The Balaban J connectivity index is 1.55. The van der Waals surface area contributed by atoms with Gasteiger partial charge < -0.3 is 5.32 Å². The van der Waals surface area contributed by atoms with Crippen molar-refractivity contribution in [2.24, 2.45) is 0 Å². The maximum absolute atomic E-state index is 12.3. The van der Waals surface area contributed by atoms with E-state index in [0.29, 0.717) is 27.6 Å². The predicted octanol–water partition coefficient (Wildman–Crippen LogP) is 3.25. The Bertz CT molecular complexity index is 1190. The SMILES string of the molecule is N#Cc1ccc(C(=O)NCc2nnc3ccc(-c4ccc(Cl)cc4)nn23)cc1. The van der Waals surface area contributed by atoms with Crippen molar-refractivity contribution in [3.63, 3.8) is 0 Å². The Morgan fingerprint density at radius 3 is 2.50 bits per heavy atom. The predicted molar refractivity (Wildman–Crippen MR) is 104 cm³/mol. The first-order valence-corrected chi connectivity index (χ1v) is 8.77. The molecule has 28 heavy (non-hydrogen) atoms. The summed E-state index contributed by atoms with van der Waals surface area (Å²) in [5, 5.41) is 25.0. The molecule has 0 aliphatic heterocycles. The maximum Gasteiger partial charge on any atom is 0.251 e. The number of hydrogen-bond donors (Lipinski definition) is 1. The van der Waals surface area contributed by atoms with Crippen molar-refractivity contribution < 1.29 is 4.79 Å². The molecular weight excluding hydrogens is 376 g/mol. The zero-order valence-corrected chi connectivity index (χ0v) is 15.3. The van der Waals surface area contributed by atoms with Gasteiger partial charge in [-0.05, 0) is 48.5 Å². The molecule has 2 aromatic heterocycles. The molecule has 0 saturated heterocycles. The monoisotopic (exact) mass is 388 g/mol. The summed E-state index contributed by atoms with van der Waals surface area (Å²) in [4.78, 5) is 12.3. The van der Waals surface area contributed by atoms with Crippen LogP contribution in [0.4, 0.5) is 0 Å². The van der Waals surface area contributed by atoms with Gasteiger partial charge in [0.05, 0.1) is 23.9 Å². The molecule has 0 aliphatic rings. The van der Waals surface area contributed by atoms with E-state index in [1.807, 2.05) is 30.3 Å². The van der Waals surface area contributed by atoms with E-state index in [9.17, 15) is 4.79 Å². The minimum Gasteiger partial charge on any atom is -0.345 e. The standard InChI is InChI=1S/C20H13ClN6O/c21-16-7-5-14(6-8-16)17-9-10-18-24-25-19(27(18)26-17)12-23-20(28)15-3-1-13(11-22)2-4-15/h1-10H,12H2,(H,23,28). The second-order valence-electron chi connectivity index (χ2n) is 5.98. The van der Waals surface area contributed by atoms with E-state index < -0.39 is 0 Å². The molecule has 0 atom stereocenters. The van der Waals surface area contributed by atoms with Gasteiger partial charge in [-0.25, -0.2) is 0 Å². The zero-order valence-electron chi connectivity index (χ0n) is 14.5. The number of carbonyl (C=O) groups is 1. The number of benzene rings is 2. The average Bonchev–Trinajstić information content (AvgIpc) is 3.15. The lowest BCUT2D eigenvalue weighted by Gasteiger charge is -2.05. The highest BCUT2D eigenvalue weighted by atomic mass is 35.5. The molecule has 0 unspecified atom stereocenters. The summed E-state index contributed by atoms with van der Waals surface area (Å²) in [6.45, 7) is 0.164. The van der Waals surface area contributed by atoms with Crippen molar-refractivity contribution in [3.05, 3.63) is 82.6 Å². The summed E-state index contributed by atoms with van der Waals surface area (Å²) in [5.41, 5.74) is 3.19. The molecule has 7 nitrogen and oxygen atoms in total. The highest BCUT2D eigenvalue weighted by Crippen LogP contribution is 2.20. The number of aromatic nitrogens is 4. The third-order valence-corrected chi connectivity index (χ3v) is 4.40. The second kappa shape index (κ2) is 7.47. The molecule has 2 aromatic carbocycles. The van der Waals surface area contributed by atoms with Gasteiger partial charge in [0.1, 0.15) is 0 Å². The van der Waals surface area contributed by atoms with Gasteiger partial charge in [0.15, 0.2) is 11.5 Å². The van der Waals surface area contributed by atoms with Crippen LogP contribution in [0.3, 0.4) is 0 Å². The van der Waals surface area contributed by atoms with E-state index >= 15 is 0 Å². The van der Waals surface area contributed by atoms with E-state index in [-0.39, 0.29) is 12.5 Å². The van der Waals surface area contributed by atoms with Crippen LogP contribution in [0.2, 0.25) is 5.02 Å². The largest absolute Gasteiger partial charge is 0.345 e. The Morgan fingerprint density at radius 1 is 1.04 bits per heavy atom. The minimum absolute atomic E-state index is 0.164. The number of nitriles is 1. The summed E-state index contributed by atoms with van der Waals surface area (Å²) in [5.74, 6) is 0.239. The lowest BCUT2D eigenvalue weighted by atomic mass is 10.1. The molecule has 1 N–H and O–H groups in total. The van der Waals surface area contributed by atoms with Gasteiger partial charge in [-0.2, -0.15) is 14.9 Å². The molecule has 8 heteroatoms. The molecule has 0 aliphatic carbocycles. The zero-order chi connectivity index (χ0) is 19.5. The molecular formula is C20H13ClN6O. The fourth-order valence-electron chi connectivity index (χ4n) is 2.68. The molecule has 0 fully saturated rings. The Kier molecular flexibility index (Phi) is 4.70. The van der Waals surface area contributed by atoms with E-state index in [0.717, 1.165) is 11.3 Å². The molecule has 136 valence electrons. The first-order chi connectivity index (χ1) is 13.6. The minimum atomic E-state index is -0.268. The quantitative estimate of drug-likeness (QED) is 0.579. The Labute approximate surface area is 165 Å². The fraction of sp³-hybridized carbons (Fsp3) is 0.0500. The number of halogens is 1. The lowest BCUT2D eigenvalue weighted by Crippen LogP contribution is -2.24. The number of rotatable bonds is 4. The van der Waals surface area contributed by atoms with Crippen LogP contribution >= 0.6 is 11.6 Å². The number of hydrogen-bond acceptors (Lipinski definition) is 5. The third-order valence-electron chi connectivity index (χ3n) is 4.15. The van der Waals surface area contributed by atoms with Gasteiger partial charge in [-0.3, -0.25) is 4.79 Å². The maximum atomic E-state index is 12.3. The van der Waals surface area contributed by atoms with Crippen LogP contribution in [0.25, 0.3) is 16.9 Å². The number of nitrogens with one attached hydrogen (secondary N) is 1. The molecule has 0 saturated carbocycles. The van der Waals surface area contributed by atoms with E-state index in [2.05, 4.69) is 20.6 Å². The van der Waals surface area contributed by atoms with Crippen LogP contribution in [0, 0.1) is 11.3 Å². The molecule has 2 heterocycles. The van der Waals surface area contributed by atoms with Gasteiger partial charge in [-0.15, -0.1) is 10.2 Å². The third kappa shape index (κ3) is 3.54. The molecule has 0 bridgehead atoms. The van der Waals surface area contributed by atoms with Crippen molar-refractivity contribution in [2.45, 2.75) is 6.54 Å². The molecule has 1 amide bonds. The summed E-state index contributed by atoms with van der Waals surface area (Å²) < 4.78 is 1.60. The number of fused-ring (bicyclic) bond motifs is 1. The first-order valence-electron chi connectivity index (χ1n) is 8.40. The van der Waals surface area contributed by atoms with Crippen LogP contribution in [0.1, 0.15) is 21.7 Å². The second-order valence-corrected chi connectivity index (χ2v) is 6.42. The Morgan fingerprint density at radius 2 is 1.79 bits per heavy atom. The van der Waals surface area contributed by atoms with Crippen molar-refractivity contribution in [1.82, 2.24) is 25.1 Å². The van der Waals surface area contributed by atoms with Crippen LogP contribution in [-0.2, 0) is 6.54 Å². The summed E-state index contributed by atoms with van der Waals surface area (Å²) in [6.07, 6.45) is 0. The highest BCUT2D eigenvalue weighted by molar-refractivity contribution is 6.30. The van der Waals surface area contributed by atoms with E-state index in [4.69, 9.17) is 16.9 Å². The number of nitrogens with zero attached hydrogens (tertiary/aromatic N) is 5. The molecule has 4 aromatic rings. The summed E-state index contributed by atoms with van der Waals surface area (Å²) >= 11 is 5.94. The van der Waals surface area contributed by atoms with Gasteiger partial charge in [0, 0.05) is 16.1 Å². The number of amides is 1. The topological polar surface area (TPSA) is 96.0 Å². The average molecular weight is 389 g/mol. The molecule has 0 spiro atoms.